The summed E-state index contributed by atoms with van der Waals surface area (Å²) in [4.78, 5) is 87.3. The molecule has 18 unspecified atom stereocenters. The van der Waals surface area contributed by atoms with Crippen LogP contribution in [-0.4, -0.2) is 305 Å². The number of rotatable bonds is 67. The highest BCUT2D eigenvalue weighted by Gasteiger charge is 2.39. The number of nitrogens with one attached hydrogen (secondary N) is 3. The van der Waals surface area contributed by atoms with E-state index in [-0.39, 0.29) is 203 Å². The fraction of sp³-hybridized carbons (Fsp3) is 0.677. The van der Waals surface area contributed by atoms with Crippen molar-refractivity contribution in [3.63, 3.8) is 0 Å². The number of benzene rings is 4. The summed E-state index contributed by atoms with van der Waals surface area (Å²) in [6.45, 7) is 43.9. The van der Waals surface area contributed by atoms with Gasteiger partial charge in [-0.1, -0.05) is 67.6 Å². The molecular formula is C93H143N3O26. The first-order valence-corrected chi connectivity index (χ1v) is 43.4. The third-order valence-corrected chi connectivity index (χ3v) is 19.9. The predicted octanol–water partition coefficient (Wildman–Crippen LogP) is 12.0. The van der Waals surface area contributed by atoms with Gasteiger partial charge in [-0.15, -0.1) is 0 Å². The molecule has 29 nitrogen and oxygen atoms in total. The van der Waals surface area contributed by atoms with Gasteiger partial charge in [-0.25, -0.2) is 0 Å². The zero-order chi connectivity index (χ0) is 89.2. The van der Waals surface area contributed by atoms with Gasteiger partial charge in [0.2, 0.25) is 11.8 Å². The van der Waals surface area contributed by atoms with Crippen LogP contribution in [0.4, 0.5) is 11.4 Å². The summed E-state index contributed by atoms with van der Waals surface area (Å²) in [7, 11) is 3.28. The Morgan fingerprint density at radius 3 is 0.779 bits per heavy atom. The molecule has 29 heteroatoms. The summed E-state index contributed by atoms with van der Waals surface area (Å²) in [6.07, 6.45) is -2.11. The molecule has 0 heterocycles. The van der Waals surface area contributed by atoms with E-state index in [1.54, 1.807) is 74.9 Å². The van der Waals surface area contributed by atoms with Gasteiger partial charge in [0.05, 0.1) is 265 Å². The molecule has 0 saturated heterocycles. The van der Waals surface area contributed by atoms with Crippen LogP contribution in [0.2, 0.25) is 0 Å². The van der Waals surface area contributed by atoms with Crippen LogP contribution >= 0.6 is 0 Å². The van der Waals surface area contributed by atoms with Crippen molar-refractivity contribution in [1.82, 2.24) is 5.32 Å². The number of ketones is 4. The van der Waals surface area contributed by atoms with Crippen molar-refractivity contribution in [3.05, 3.63) is 117 Å². The minimum absolute atomic E-state index is 0.0485. The standard InChI is InChI=1S/C93H143N3O26/c1-58(40-107-62(5)44-111-66(9)48-115-70(13)52-119-74(17)56-121-72(15)54-117-68(11)50-113-64(7)46-109-60(3)42-105-37-35-103-19)29-34-84(97)95-82-32-30-76(86-88(82)92(101)80-27-23-21-25-78(80)90(86)99)77-31-33-83(89-87(77)91(100)79-26-22-24-28-81(79)93(89)102)96-85(98)39-94-59(2)41-108-63(6)45-112-67(10)49-116-71(14)53-120-75(18)57-122-73(16)55-118-69(12)51-114-65(8)47-110-61(4)43-106-38-36-104-20/h21-28,30-33,58-75,94H,29,34-57H2,1-20H3,(H,95,97)(H,96,98). The number of amides is 2. The molecule has 0 bridgehead atoms. The topological polar surface area (TPSA) is 323 Å². The van der Waals surface area contributed by atoms with Gasteiger partial charge < -0.3 is 111 Å². The molecule has 0 aromatic heterocycles. The van der Waals surface area contributed by atoms with Gasteiger partial charge in [-0.05, 0) is 153 Å². The average molecular weight is 1720 g/mol. The first-order chi connectivity index (χ1) is 58.3. The van der Waals surface area contributed by atoms with E-state index in [1.807, 2.05) is 125 Å². The van der Waals surface area contributed by atoms with Crippen LogP contribution in [0.25, 0.3) is 11.1 Å². The third kappa shape index (κ3) is 37.7. The lowest BCUT2D eigenvalue weighted by atomic mass is 9.75. The smallest absolute Gasteiger partial charge is 0.238 e. The van der Waals surface area contributed by atoms with Crippen molar-refractivity contribution in [3.8, 4) is 11.1 Å². The molecule has 4 aromatic rings. The molecule has 3 N–H and O–H groups in total. The van der Waals surface area contributed by atoms with Crippen LogP contribution < -0.4 is 16.0 Å². The molecule has 0 radical (unpaired) electrons. The SMILES string of the molecule is COCCOCC(C)OCC(C)OCC(C)OCC(C)OCC(C)OCC(C)OCC(C)OCC(C)OCC(C)CCC(=O)Nc1ccc(-c2ccc(NC(=O)CNC(C)COC(C)COC(C)COC(C)COC(C)COC(C)COC(C)COC(C)COC(C)COCCOC)c3c2C(=O)c2ccccc2C3=O)c2c1C(=O)c1ccccc1C2=O. The number of methoxy groups -OCH3 is 2. The fourth-order valence-electron chi connectivity index (χ4n) is 12.7. The Morgan fingerprint density at radius 2 is 0.508 bits per heavy atom. The summed E-state index contributed by atoms with van der Waals surface area (Å²) in [5.74, 6) is -3.03. The highest BCUT2D eigenvalue weighted by molar-refractivity contribution is 6.35. The molecule has 2 aliphatic rings. The first kappa shape index (κ1) is 104. The van der Waals surface area contributed by atoms with E-state index in [9.17, 15) is 28.8 Å². The summed E-state index contributed by atoms with van der Waals surface area (Å²) in [5, 5.41) is 8.98. The largest absolute Gasteiger partial charge is 0.382 e. The molecular weight excluding hydrogens is 1580 g/mol. The molecule has 122 heavy (non-hydrogen) atoms. The average Bonchev–Trinajstić information content (AvgIpc) is 0.718. The van der Waals surface area contributed by atoms with E-state index >= 15 is 0 Å². The molecule has 0 fully saturated rings. The molecule has 2 aliphatic carbocycles. The first-order valence-electron chi connectivity index (χ1n) is 43.4. The van der Waals surface area contributed by atoms with Crippen LogP contribution in [0.3, 0.4) is 0 Å². The van der Waals surface area contributed by atoms with Gasteiger partial charge in [0, 0.05) is 66.7 Å². The Hall–Kier alpha value is -6.34. The summed E-state index contributed by atoms with van der Waals surface area (Å²) >= 11 is 0. The number of hydrogen-bond acceptors (Lipinski definition) is 27. The van der Waals surface area contributed by atoms with E-state index in [2.05, 4.69) is 16.0 Å². The monoisotopic (exact) mass is 1720 g/mol. The van der Waals surface area contributed by atoms with Gasteiger partial charge in [-0.2, -0.15) is 0 Å². The predicted molar refractivity (Wildman–Crippen MR) is 464 cm³/mol. The van der Waals surface area contributed by atoms with E-state index in [0.717, 1.165) is 0 Å². The molecule has 686 valence electrons. The van der Waals surface area contributed by atoms with Crippen molar-refractivity contribution in [2.24, 2.45) is 5.92 Å². The summed E-state index contributed by atoms with van der Waals surface area (Å²) in [6, 6.07) is 18.7. The highest BCUT2D eigenvalue weighted by atomic mass is 16.6. The number of carbonyl (C=O) groups excluding carboxylic acids is 6. The second-order valence-corrected chi connectivity index (χ2v) is 32.7. The van der Waals surface area contributed by atoms with Crippen molar-refractivity contribution in [2.75, 3.05) is 177 Å². The number of anilines is 2. The lowest BCUT2D eigenvalue weighted by Crippen LogP contribution is -2.38. The number of ether oxygens (including phenoxy) is 20. The molecule has 0 aliphatic heterocycles. The van der Waals surface area contributed by atoms with Crippen molar-refractivity contribution >= 4 is 46.3 Å². The van der Waals surface area contributed by atoms with Crippen LogP contribution in [0, 0.1) is 5.92 Å². The molecule has 0 spiro atoms. The molecule has 18 atom stereocenters. The van der Waals surface area contributed by atoms with Crippen molar-refractivity contribution < 1.29 is 124 Å². The molecule has 4 aromatic carbocycles. The Morgan fingerprint density at radius 1 is 0.270 bits per heavy atom. The van der Waals surface area contributed by atoms with E-state index < -0.39 is 34.9 Å². The Kier molecular flexibility index (Phi) is 48.5. The quantitative estimate of drug-likeness (QED) is 0.0299. The third-order valence-electron chi connectivity index (χ3n) is 19.9. The number of carbonyl (C=O) groups is 6. The summed E-state index contributed by atoms with van der Waals surface area (Å²) < 4.78 is 117. The summed E-state index contributed by atoms with van der Waals surface area (Å²) in [5.41, 5.74) is 0.857. The lowest BCUT2D eigenvalue weighted by Gasteiger charge is -2.27. The molecule has 6 rings (SSSR count). The van der Waals surface area contributed by atoms with E-state index in [0.29, 0.717) is 139 Å². The minimum Gasteiger partial charge on any atom is -0.382 e. The Bertz CT molecular complexity index is 3520. The van der Waals surface area contributed by atoms with E-state index in [4.69, 9.17) is 94.7 Å². The zero-order valence-electron chi connectivity index (χ0n) is 76.1. The van der Waals surface area contributed by atoms with Crippen LogP contribution in [0.5, 0.6) is 0 Å². The van der Waals surface area contributed by atoms with Crippen LogP contribution in [-0.2, 0) is 104 Å². The molecule has 2 amide bonds. The van der Waals surface area contributed by atoms with Gasteiger partial charge in [0.15, 0.2) is 23.1 Å². The van der Waals surface area contributed by atoms with Crippen molar-refractivity contribution in [1.29, 1.82) is 0 Å². The van der Waals surface area contributed by atoms with Gasteiger partial charge >= 0.3 is 0 Å². The van der Waals surface area contributed by atoms with E-state index in [1.165, 1.54) is 12.1 Å². The fourth-order valence-corrected chi connectivity index (χ4v) is 12.7. The zero-order valence-corrected chi connectivity index (χ0v) is 76.1. The van der Waals surface area contributed by atoms with Gasteiger partial charge in [0.25, 0.3) is 0 Å². The Balaban J connectivity index is 0.911. The van der Waals surface area contributed by atoms with Gasteiger partial charge in [0.1, 0.15) is 0 Å². The minimum atomic E-state index is -0.525. The van der Waals surface area contributed by atoms with Crippen LogP contribution in [0.15, 0.2) is 72.8 Å². The Labute approximate surface area is 724 Å². The maximum atomic E-state index is 14.9. The maximum Gasteiger partial charge on any atom is 0.238 e. The normalized spacial score (nSPS) is 17.2. The van der Waals surface area contributed by atoms with Crippen LogP contribution in [0.1, 0.15) is 201 Å². The lowest BCUT2D eigenvalue weighted by molar-refractivity contribution is -0.117. The number of hydrogen-bond donors (Lipinski definition) is 3. The maximum absolute atomic E-state index is 14.9. The highest BCUT2D eigenvalue weighted by Crippen LogP contribution is 2.44. The van der Waals surface area contributed by atoms with Gasteiger partial charge in [-0.3, -0.25) is 28.8 Å². The van der Waals surface area contributed by atoms with Crippen molar-refractivity contribution in [2.45, 2.75) is 241 Å². The molecule has 0 saturated carbocycles. The second kappa shape index (κ2) is 56.7. The second-order valence-electron chi connectivity index (χ2n) is 32.7. The number of fused-ring (bicyclic) bond motifs is 4.